The fourth-order valence-corrected chi connectivity index (χ4v) is 4.96. The van der Waals surface area contributed by atoms with Gasteiger partial charge in [-0.3, -0.25) is 18.6 Å². The molecule has 32 heavy (non-hydrogen) atoms. The van der Waals surface area contributed by atoms with Crippen molar-refractivity contribution in [3.63, 3.8) is 0 Å². The molecule has 0 atom stereocenters. The van der Waals surface area contributed by atoms with Gasteiger partial charge in [0.25, 0.3) is 5.56 Å². The van der Waals surface area contributed by atoms with Crippen LogP contribution in [-0.2, 0) is 11.3 Å². The van der Waals surface area contributed by atoms with Gasteiger partial charge in [-0.2, -0.15) is 0 Å². The van der Waals surface area contributed by atoms with Gasteiger partial charge in [0.15, 0.2) is 5.16 Å². The molecule has 1 amide bonds. The summed E-state index contributed by atoms with van der Waals surface area (Å²) < 4.78 is 17.3. The van der Waals surface area contributed by atoms with E-state index in [1.165, 1.54) is 41.3 Å². The smallest absolute Gasteiger partial charge is 0.273 e. The highest BCUT2D eigenvalue weighted by Gasteiger charge is 2.18. The van der Waals surface area contributed by atoms with Crippen LogP contribution in [0.5, 0.6) is 0 Å². The van der Waals surface area contributed by atoms with Gasteiger partial charge in [0.1, 0.15) is 10.5 Å². The van der Waals surface area contributed by atoms with Gasteiger partial charge in [-0.15, -0.1) is 21.5 Å². The summed E-state index contributed by atoms with van der Waals surface area (Å²) in [6.45, 7) is 0.361. The first kappa shape index (κ1) is 20.4. The number of carbonyl (C=O) groups excluding carboxylic acids is 1. The summed E-state index contributed by atoms with van der Waals surface area (Å²) in [7, 11) is 0. The summed E-state index contributed by atoms with van der Waals surface area (Å²) in [5, 5.41) is 13.5. The molecule has 5 rings (SSSR count). The van der Waals surface area contributed by atoms with E-state index in [2.05, 4.69) is 15.5 Å². The molecule has 0 radical (unpaired) electrons. The summed E-state index contributed by atoms with van der Waals surface area (Å²) in [5.41, 5.74) is 1.94. The normalized spacial score (nSPS) is 11.3. The third kappa shape index (κ3) is 3.90. The van der Waals surface area contributed by atoms with E-state index in [0.717, 1.165) is 5.56 Å². The van der Waals surface area contributed by atoms with Crippen LogP contribution >= 0.6 is 23.1 Å². The maximum absolute atomic E-state index is 13.3. The average Bonchev–Trinajstić information content (AvgIpc) is 3.43. The molecule has 0 aliphatic heterocycles. The number of amides is 1. The zero-order chi connectivity index (χ0) is 22.1. The van der Waals surface area contributed by atoms with Crippen LogP contribution in [0.25, 0.3) is 16.0 Å². The lowest BCUT2D eigenvalue weighted by Crippen LogP contribution is -2.23. The molecule has 0 aliphatic carbocycles. The van der Waals surface area contributed by atoms with Crippen LogP contribution in [0.1, 0.15) is 5.56 Å². The van der Waals surface area contributed by atoms with Gasteiger partial charge in [0.2, 0.25) is 11.7 Å². The number of nitrogens with zero attached hydrogens (tertiary/aromatic N) is 4. The quantitative estimate of drug-likeness (QED) is 0.383. The van der Waals surface area contributed by atoms with Crippen LogP contribution in [0.2, 0.25) is 0 Å². The summed E-state index contributed by atoms with van der Waals surface area (Å²) >= 11 is 2.56. The summed E-state index contributed by atoms with van der Waals surface area (Å²) in [4.78, 5) is 25.5. The lowest BCUT2D eigenvalue weighted by atomic mass is 10.2. The van der Waals surface area contributed by atoms with Gasteiger partial charge in [0.05, 0.1) is 17.8 Å². The Morgan fingerprint density at radius 1 is 1.09 bits per heavy atom. The Kier molecular flexibility index (Phi) is 5.46. The van der Waals surface area contributed by atoms with Crippen molar-refractivity contribution in [1.82, 2.24) is 19.2 Å². The SMILES string of the molecule is O=C(CSc1nnc2n(Cc3ccccc3)c(=O)c3sccc3n12)Nc1cccc(F)c1. The minimum Gasteiger partial charge on any atom is -0.325 e. The van der Waals surface area contributed by atoms with Crippen molar-refractivity contribution >= 4 is 50.7 Å². The third-order valence-corrected chi connectivity index (χ3v) is 6.63. The van der Waals surface area contributed by atoms with Crippen LogP contribution in [0.4, 0.5) is 10.1 Å². The third-order valence-electron chi connectivity index (χ3n) is 4.81. The molecular formula is C22H16FN5O2S2. The topological polar surface area (TPSA) is 81.3 Å². The van der Waals surface area contributed by atoms with Crippen LogP contribution < -0.4 is 10.9 Å². The van der Waals surface area contributed by atoms with Crippen LogP contribution in [0, 0.1) is 5.82 Å². The number of halogens is 1. The molecule has 0 spiro atoms. The number of hydrogen-bond donors (Lipinski definition) is 1. The van der Waals surface area contributed by atoms with Gasteiger partial charge in [-0.1, -0.05) is 48.2 Å². The van der Waals surface area contributed by atoms with Crippen molar-refractivity contribution in [2.24, 2.45) is 0 Å². The Bertz CT molecular complexity index is 1490. The molecule has 0 saturated heterocycles. The number of aromatic nitrogens is 4. The highest BCUT2D eigenvalue weighted by Crippen LogP contribution is 2.25. The summed E-state index contributed by atoms with van der Waals surface area (Å²) in [6.07, 6.45) is 0. The first-order valence-electron chi connectivity index (χ1n) is 9.67. The highest BCUT2D eigenvalue weighted by molar-refractivity contribution is 7.99. The van der Waals surface area contributed by atoms with Crippen molar-refractivity contribution in [1.29, 1.82) is 0 Å². The first-order valence-corrected chi connectivity index (χ1v) is 11.5. The zero-order valence-corrected chi connectivity index (χ0v) is 18.2. The number of carbonyl (C=O) groups is 1. The molecule has 3 aromatic heterocycles. The Labute approximate surface area is 189 Å². The summed E-state index contributed by atoms with van der Waals surface area (Å²) in [6, 6.07) is 17.2. The second kappa shape index (κ2) is 8.56. The maximum Gasteiger partial charge on any atom is 0.273 e. The molecule has 7 nitrogen and oxygen atoms in total. The number of hydrogen-bond acceptors (Lipinski definition) is 6. The van der Waals surface area contributed by atoms with Gasteiger partial charge < -0.3 is 5.32 Å². The van der Waals surface area contributed by atoms with Gasteiger partial charge in [0, 0.05) is 5.69 Å². The molecule has 2 aromatic carbocycles. The van der Waals surface area contributed by atoms with E-state index < -0.39 is 5.82 Å². The molecule has 0 fully saturated rings. The van der Waals surface area contributed by atoms with Crippen LogP contribution in [0.3, 0.4) is 0 Å². The number of rotatable bonds is 6. The van der Waals surface area contributed by atoms with Crippen molar-refractivity contribution in [2.45, 2.75) is 11.7 Å². The second-order valence-electron chi connectivity index (χ2n) is 6.98. The molecule has 3 heterocycles. The minimum atomic E-state index is -0.421. The predicted octanol–water partition coefficient (Wildman–Crippen LogP) is 4.02. The molecule has 5 aromatic rings. The first-order chi connectivity index (χ1) is 15.6. The lowest BCUT2D eigenvalue weighted by Gasteiger charge is -2.09. The number of nitrogens with one attached hydrogen (secondary N) is 1. The van der Waals surface area contributed by atoms with E-state index in [-0.39, 0.29) is 17.2 Å². The predicted molar refractivity (Wildman–Crippen MR) is 124 cm³/mol. The Morgan fingerprint density at radius 2 is 1.94 bits per heavy atom. The Morgan fingerprint density at radius 3 is 2.75 bits per heavy atom. The number of anilines is 1. The Balaban J connectivity index is 1.47. The fourth-order valence-electron chi connectivity index (χ4n) is 3.40. The lowest BCUT2D eigenvalue weighted by molar-refractivity contribution is -0.113. The Hall–Kier alpha value is -3.50. The number of thiophene rings is 1. The van der Waals surface area contributed by atoms with Gasteiger partial charge in [-0.25, -0.2) is 4.39 Å². The number of fused-ring (bicyclic) bond motifs is 3. The molecule has 0 unspecified atom stereocenters. The second-order valence-corrected chi connectivity index (χ2v) is 8.84. The highest BCUT2D eigenvalue weighted by atomic mass is 32.2. The zero-order valence-electron chi connectivity index (χ0n) is 16.6. The minimum absolute atomic E-state index is 0.0563. The molecule has 0 bridgehead atoms. The number of benzene rings is 2. The molecule has 0 saturated carbocycles. The average molecular weight is 466 g/mol. The standard InChI is InChI=1S/C22H16FN5O2S2/c23-15-7-4-8-16(11-15)24-18(29)13-32-22-26-25-21-27(12-14-5-2-1-3-6-14)20(30)19-17(28(21)22)9-10-31-19/h1-11H,12-13H2,(H,24,29). The van der Waals surface area contributed by atoms with E-state index in [0.29, 0.717) is 33.4 Å². The van der Waals surface area contributed by atoms with Crippen LogP contribution in [0.15, 0.2) is 76.0 Å². The molecular weight excluding hydrogens is 449 g/mol. The van der Waals surface area contributed by atoms with Crippen molar-refractivity contribution in [3.8, 4) is 0 Å². The van der Waals surface area contributed by atoms with E-state index in [4.69, 9.17) is 0 Å². The monoisotopic (exact) mass is 465 g/mol. The van der Waals surface area contributed by atoms with Gasteiger partial charge in [-0.05, 0) is 35.2 Å². The van der Waals surface area contributed by atoms with Crippen LogP contribution in [-0.4, -0.2) is 30.8 Å². The van der Waals surface area contributed by atoms with E-state index in [1.807, 2.05) is 41.8 Å². The number of thioether (sulfide) groups is 1. The largest absolute Gasteiger partial charge is 0.325 e. The van der Waals surface area contributed by atoms with E-state index in [9.17, 15) is 14.0 Å². The maximum atomic E-state index is 13.3. The van der Waals surface area contributed by atoms with Gasteiger partial charge >= 0.3 is 0 Å². The van der Waals surface area contributed by atoms with Crippen molar-refractivity contribution in [2.75, 3.05) is 11.1 Å². The van der Waals surface area contributed by atoms with Crippen molar-refractivity contribution < 1.29 is 9.18 Å². The van der Waals surface area contributed by atoms with E-state index in [1.54, 1.807) is 15.0 Å². The summed E-state index contributed by atoms with van der Waals surface area (Å²) in [5.74, 6) is -0.245. The molecule has 0 aliphatic rings. The van der Waals surface area contributed by atoms with Crippen molar-refractivity contribution in [3.05, 3.63) is 87.8 Å². The molecule has 10 heteroatoms. The van der Waals surface area contributed by atoms with E-state index >= 15 is 0 Å². The molecule has 1 N–H and O–H groups in total. The molecule has 160 valence electrons. The fraction of sp³-hybridized carbons (Fsp3) is 0.0909.